The van der Waals surface area contributed by atoms with Gasteiger partial charge in [0.1, 0.15) is 11.4 Å². The molecule has 0 aliphatic rings. The molecule has 20 heavy (non-hydrogen) atoms. The molecule has 3 heteroatoms. The van der Waals surface area contributed by atoms with E-state index in [1.165, 1.54) is 0 Å². The predicted octanol–water partition coefficient (Wildman–Crippen LogP) is 3.62. The van der Waals surface area contributed by atoms with E-state index >= 15 is 0 Å². The fourth-order valence-electron chi connectivity index (χ4n) is 2.14. The molecule has 0 bridgehead atoms. The van der Waals surface area contributed by atoms with Crippen molar-refractivity contribution in [2.75, 3.05) is 0 Å². The van der Waals surface area contributed by atoms with Crippen LogP contribution in [0.3, 0.4) is 0 Å². The number of aryl methyl sites for hydroxylation is 1. The molecule has 2 aromatic rings. The summed E-state index contributed by atoms with van der Waals surface area (Å²) in [5, 5.41) is 9.95. The SMILES string of the molecule is Cc1cccnc1C(=O)c1ccc(O)c(C(C)(C)C)c1. The van der Waals surface area contributed by atoms with Crippen LogP contribution in [0.25, 0.3) is 0 Å². The summed E-state index contributed by atoms with van der Waals surface area (Å²) in [5.41, 5.74) is 2.40. The number of carbonyl (C=O) groups excluding carboxylic acids is 1. The summed E-state index contributed by atoms with van der Waals surface area (Å²) < 4.78 is 0. The normalized spacial score (nSPS) is 11.4. The Morgan fingerprint density at radius 2 is 1.90 bits per heavy atom. The molecule has 0 radical (unpaired) electrons. The van der Waals surface area contributed by atoms with E-state index in [4.69, 9.17) is 0 Å². The zero-order chi connectivity index (χ0) is 14.9. The molecular formula is C17H19NO2. The Labute approximate surface area is 119 Å². The highest BCUT2D eigenvalue weighted by molar-refractivity contribution is 6.08. The topological polar surface area (TPSA) is 50.2 Å². The van der Waals surface area contributed by atoms with Crippen molar-refractivity contribution >= 4 is 5.78 Å². The molecule has 0 amide bonds. The van der Waals surface area contributed by atoms with E-state index in [0.717, 1.165) is 11.1 Å². The van der Waals surface area contributed by atoms with Crippen molar-refractivity contribution in [3.05, 3.63) is 58.9 Å². The van der Waals surface area contributed by atoms with Crippen molar-refractivity contribution < 1.29 is 9.90 Å². The number of benzene rings is 1. The van der Waals surface area contributed by atoms with Gasteiger partial charge < -0.3 is 5.11 Å². The maximum absolute atomic E-state index is 12.5. The minimum Gasteiger partial charge on any atom is -0.508 e. The van der Waals surface area contributed by atoms with Gasteiger partial charge in [0.05, 0.1) is 0 Å². The number of aromatic nitrogens is 1. The van der Waals surface area contributed by atoms with Crippen molar-refractivity contribution in [3.63, 3.8) is 0 Å². The number of phenols is 1. The van der Waals surface area contributed by atoms with Crippen LogP contribution in [-0.2, 0) is 5.41 Å². The molecule has 1 aromatic carbocycles. The summed E-state index contributed by atoms with van der Waals surface area (Å²) in [7, 11) is 0. The number of nitrogens with zero attached hydrogens (tertiary/aromatic N) is 1. The molecule has 0 fully saturated rings. The Kier molecular flexibility index (Phi) is 3.62. The van der Waals surface area contributed by atoms with E-state index in [9.17, 15) is 9.90 Å². The third kappa shape index (κ3) is 2.72. The third-order valence-electron chi connectivity index (χ3n) is 3.29. The van der Waals surface area contributed by atoms with Gasteiger partial charge in [-0.2, -0.15) is 0 Å². The Morgan fingerprint density at radius 1 is 1.20 bits per heavy atom. The lowest BCUT2D eigenvalue weighted by atomic mass is 9.84. The summed E-state index contributed by atoms with van der Waals surface area (Å²) in [6.07, 6.45) is 1.62. The molecule has 0 aliphatic carbocycles. The van der Waals surface area contributed by atoms with Gasteiger partial charge in [-0.3, -0.25) is 9.78 Å². The first kappa shape index (κ1) is 14.3. The van der Waals surface area contributed by atoms with Gasteiger partial charge in [0.2, 0.25) is 5.78 Å². The van der Waals surface area contributed by atoms with Gasteiger partial charge in [-0.25, -0.2) is 0 Å². The van der Waals surface area contributed by atoms with Crippen LogP contribution in [0.15, 0.2) is 36.5 Å². The van der Waals surface area contributed by atoms with Crippen LogP contribution >= 0.6 is 0 Å². The van der Waals surface area contributed by atoms with E-state index < -0.39 is 0 Å². The Hall–Kier alpha value is -2.16. The summed E-state index contributed by atoms with van der Waals surface area (Å²) in [6.45, 7) is 7.87. The van der Waals surface area contributed by atoms with Gasteiger partial charge in [0, 0.05) is 11.8 Å². The first-order valence-corrected chi connectivity index (χ1v) is 6.60. The van der Waals surface area contributed by atoms with Gasteiger partial charge in [0.15, 0.2) is 0 Å². The van der Waals surface area contributed by atoms with Crippen molar-refractivity contribution in [2.45, 2.75) is 33.1 Å². The lowest BCUT2D eigenvalue weighted by molar-refractivity contribution is 0.103. The van der Waals surface area contributed by atoms with Crippen LogP contribution in [0.2, 0.25) is 0 Å². The van der Waals surface area contributed by atoms with Crippen molar-refractivity contribution in [2.24, 2.45) is 0 Å². The Balaban J connectivity index is 2.50. The molecule has 0 aliphatic heterocycles. The highest BCUT2D eigenvalue weighted by Crippen LogP contribution is 2.31. The van der Waals surface area contributed by atoms with E-state index in [2.05, 4.69) is 4.98 Å². The minimum absolute atomic E-state index is 0.117. The van der Waals surface area contributed by atoms with Crippen LogP contribution in [-0.4, -0.2) is 15.9 Å². The fraction of sp³-hybridized carbons (Fsp3) is 0.294. The van der Waals surface area contributed by atoms with Crippen molar-refractivity contribution in [1.29, 1.82) is 0 Å². The summed E-state index contributed by atoms with van der Waals surface area (Å²) in [4.78, 5) is 16.7. The zero-order valence-electron chi connectivity index (χ0n) is 12.3. The van der Waals surface area contributed by atoms with Crippen LogP contribution in [0.5, 0.6) is 5.75 Å². The lowest BCUT2D eigenvalue weighted by Crippen LogP contribution is -2.13. The minimum atomic E-state index is -0.223. The molecule has 3 nitrogen and oxygen atoms in total. The number of hydrogen-bond acceptors (Lipinski definition) is 3. The molecular weight excluding hydrogens is 250 g/mol. The van der Waals surface area contributed by atoms with Gasteiger partial charge in [-0.1, -0.05) is 26.8 Å². The Morgan fingerprint density at radius 3 is 2.50 bits per heavy atom. The zero-order valence-corrected chi connectivity index (χ0v) is 12.3. The van der Waals surface area contributed by atoms with Crippen molar-refractivity contribution in [3.8, 4) is 5.75 Å². The Bertz CT molecular complexity index is 654. The van der Waals surface area contributed by atoms with E-state index in [1.807, 2.05) is 39.8 Å². The molecule has 0 unspecified atom stereocenters. The molecule has 1 heterocycles. The van der Waals surface area contributed by atoms with E-state index in [1.54, 1.807) is 24.4 Å². The smallest absolute Gasteiger partial charge is 0.211 e. The molecule has 104 valence electrons. The molecule has 0 spiro atoms. The lowest BCUT2D eigenvalue weighted by Gasteiger charge is -2.21. The summed E-state index contributed by atoms with van der Waals surface area (Å²) >= 11 is 0. The second-order valence-electron chi connectivity index (χ2n) is 5.98. The molecule has 0 saturated heterocycles. The molecule has 2 rings (SSSR count). The van der Waals surface area contributed by atoms with E-state index in [0.29, 0.717) is 11.3 Å². The van der Waals surface area contributed by atoms with Gasteiger partial charge in [0.25, 0.3) is 0 Å². The molecule has 1 N–H and O–H groups in total. The number of hydrogen-bond donors (Lipinski definition) is 1. The maximum atomic E-state index is 12.5. The molecule has 0 atom stereocenters. The monoisotopic (exact) mass is 269 g/mol. The standard InChI is InChI=1S/C17H19NO2/c1-11-6-5-9-18-15(11)16(20)12-7-8-14(19)13(10-12)17(2,3)4/h5-10,19H,1-4H3. The van der Waals surface area contributed by atoms with Crippen LogP contribution < -0.4 is 0 Å². The second kappa shape index (κ2) is 5.08. The summed E-state index contributed by atoms with van der Waals surface area (Å²) in [5.74, 6) is 0.0976. The highest BCUT2D eigenvalue weighted by Gasteiger charge is 2.21. The maximum Gasteiger partial charge on any atom is 0.211 e. The van der Waals surface area contributed by atoms with Gasteiger partial charge >= 0.3 is 0 Å². The largest absolute Gasteiger partial charge is 0.508 e. The van der Waals surface area contributed by atoms with Crippen LogP contribution in [0.1, 0.15) is 48.0 Å². The van der Waals surface area contributed by atoms with E-state index in [-0.39, 0.29) is 16.9 Å². The summed E-state index contributed by atoms with van der Waals surface area (Å²) in [6, 6.07) is 8.65. The highest BCUT2D eigenvalue weighted by atomic mass is 16.3. The molecule has 1 aromatic heterocycles. The quantitative estimate of drug-likeness (QED) is 0.847. The first-order chi connectivity index (χ1) is 9.30. The van der Waals surface area contributed by atoms with Crippen LogP contribution in [0, 0.1) is 6.92 Å². The number of ketones is 1. The van der Waals surface area contributed by atoms with Gasteiger partial charge in [-0.05, 0) is 47.7 Å². The average molecular weight is 269 g/mol. The number of pyridine rings is 1. The van der Waals surface area contributed by atoms with Crippen LogP contribution in [0.4, 0.5) is 0 Å². The number of aromatic hydroxyl groups is 1. The first-order valence-electron chi connectivity index (χ1n) is 6.60. The van der Waals surface area contributed by atoms with Crippen molar-refractivity contribution in [1.82, 2.24) is 4.98 Å². The number of rotatable bonds is 2. The molecule has 0 saturated carbocycles. The predicted molar refractivity (Wildman–Crippen MR) is 79.2 cm³/mol. The number of carbonyl (C=O) groups is 1. The van der Waals surface area contributed by atoms with Gasteiger partial charge in [-0.15, -0.1) is 0 Å². The third-order valence-corrected chi connectivity index (χ3v) is 3.29. The number of phenolic OH excluding ortho intramolecular Hbond substituents is 1. The fourth-order valence-corrected chi connectivity index (χ4v) is 2.14. The second-order valence-corrected chi connectivity index (χ2v) is 5.98. The average Bonchev–Trinajstić information content (AvgIpc) is 2.37.